The fourth-order valence-corrected chi connectivity index (χ4v) is 2.24. The maximum absolute atomic E-state index is 10.8. The highest BCUT2D eigenvalue weighted by molar-refractivity contribution is 6.44. The van der Waals surface area contributed by atoms with E-state index in [9.17, 15) is 4.79 Å². The van der Waals surface area contributed by atoms with Gasteiger partial charge >= 0.3 is 5.97 Å². The topological polar surface area (TPSA) is 62.5 Å². The number of carboxylic acid groups (broad SMARTS) is 1. The second kappa shape index (κ2) is 5.95. The first kappa shape index (κ1) is 15.0. The Kier molecular flexibility index (Phi) is 4.48. The normalized spacial score (nSPS) is 12.2. The van der Waals surface area contributed by atoms with E-state index in [0.717, 1.165) is 0 Å². The molecule has 4 nitrogen and oxygen atoms in total. The third-order valence-corrected chi connectivity index (χ3v) is 3.68. The first-order valence-electron chi connectivity index (χ1n) is 5.62. The van der Waals surface area contributed by atoms with Gasteiger partial charge in [-0.1, -0.05) is 34.8 Å². The van der Waals surface area contributed by atoms with Crippen LogP contribution in [0.1, 0.15) is 29.3 Å². The van der Waals surface area contributed by atoms with E-state index < -0.39 is 5.97 Å². The highest BCUT2D eigenvalue weighted by atomic mass is 35.5. The molecule has 0 saturated heterocycles. The van der Waals surface area contributed by atoms with Crippen LogP contribution in [0.5, 0.6) is 0 Å². The summed E-state index contributed by atoms with van der Waals surface area (Å²) in [6.45, 7) is 1.81. The molecular formula is C13H10Cl3NO3. The summed E-state index contributed by atoms with van der Waals surface area (Å²) in [6.07, 6.45) is 0. The number of hydrogen-bond acceptors (Lipinski definition) is 3. The van der Waals surface area contributed by atoms with Crippen LogP contribution < -0.4 is 5.32 Å². The number of halogens is 3. The van der Waals surface area contributed by atoms with Crippen LogP contribution in [0, 0.1) is 0 Å². The number of nitrogens with one attached hydrogen (secondary N) is 1. The highest BCUT2D eigenvalue weighted by Gasteiger charge is 2.15. The van der Waals surface area contributed by atoms with Gasteiger partial charge in [-0.25, -0.2) is 4.79 Å². The fraction of sp³-hybridized carbons (Fsp3) is 0.154. The van der Waals surface area contributed by atoms with E-state index in [1.165, 1.54) is 12.1 Å². The lowest BCUT2D eigenvalue weighted by Gasteiger charge is -2.15. The molecule has 2 rings (SSSR count). The standard InChI is InChI=1S/C13H10Cl3NO3/c1-6(11-2-3-12(20-11)13(18)19)17-10-5-8(15)7(14)4-9(10)16/h2-6,17H,1H3,(H,18,19). The number of benzene rings is 1. The Hall–Kier alpha value is -1.36. The highest BCUT2D eigenvalue weighted by Crippen LogP contribution is 2.34. The molecule has 1 heterocycles. The number of aromatic carboxylic acids is 1. The summed E-state index contributed by atoms with van der Waals surface area (Å²) in [4.78, 5) is 10.8. The van der Waals surface area contributed by atoms with Gasteiger partial charge < -0.3 is 14.8 Å². The molecule has 0 amide bonds. The van der Waals surface area contributed by atoms with E-state index in [4.69, 9.17) is 44.3 Å². The number of anilines is 1. The molecule has 0 fully saturated rings. The van der Waals surface area contributed by atoms with E-state index in [1.807, 2.05) is 6.92 Å². The Labute approximate surface area is 130 Å². The molecule has 2 aromatic rings. The number of furan rings is 1. The second-order valence-electron chi connectivity index (χ2n) is 4.12. The minimum Gasteiger partial charge on any atom is -0.475 e. The minimum atomic E-state index is -1.11. The van der Waals surface area contributed by atoms with Gasteiger partial charge in [0.2, 0.25) is 5.76 Å². The number of hydrogen-bond donors (Lipinski definition) is 2. The molecule has 2 N–H and O–H groups in total. The Morgan fingerprint density at radius 2 is 1.85 bits per heavy atom. The molecule has 0 aliphatic heterocycles. The fourth-order valence-electron chi connectivity index (χ4n) is 1.64. The molecule has 0 saturated carbocycles. The van der Waals surface area contributed by atoms with Crippen molar-refractivity contribution in [2.75, 3.05) is 5.32 Å². The lowest BCUT2D eigenvalue weighted by molar-refractivity contribution is 0.0660. The van der Waals surface area contributed by atoms with Crippen molar-refractivity contribution in [3.05, 3.63) is 50.9 Å². The van der Waals surface area contributed by atoms with Crippen LogP contribution in [0.4, 0.5) is 5.69 Å². The van der Waals surface area contributed by atoms with Crippen molar-refractivity contribution < 1.29 is 14.3 Å². The van der Waals surface area contributed by atoms with Gasteiger partial charge in [0, 0.05) is 0 Å². The molecule has 0 aliphatic carbocycles. The predicted molar refractivity (Wildman–Crippen MR) is 79.2 cm³/mol. The van der Waals surface area contributed by atoms with Gasteiger partial charge in [-0.2, -0.15) is 0 Å². The molecule has 1 unspecified atom stereocenters. The Balaban J connectivity index is 2.20. The van der Waals surface area contributed by atoms with Crippen molar-refractivity contribution in [2.24, 2.45) is 0 Å². The lowest BCUT2D eigenvalue weighted by Crippen LogP contribution is -2.06. The van der Waals surface area contributed by atoms with Crippen molar-refractivity contribution in [3.63, 3.8) is 0 Å². The van der Waals surface area contributed by atoms with Crippen molar-refractivity contribution in [2.45, 2.75) is 13.0 Å². The summed E-state index contributed by atoms with van der Waals surface area (Å²) < 4.78 is 5.21. The van der Waals surface area contributed by atoms with Gasteiger partial charge in [-0.3, -0.25) is 0 Å². The maximum atomic E-state index is 10.8. The van der Waals surface area contributed by atoms with Crippen molar-refractivity contribution in [3.8, 4) is 0 Å². The molecule has 1 aromatic heterocycles. The number of carboxylic acids is 1. The zero-order valence-electron chi connectivity index (χ0n) is 10.3. The Morgan fingerprint density at radius 1 is 1.20 bits per heavy atom. The smallest absolute Gasteiger partial charge is 0.371 e. The molecule has 0 bridgehead atoms. The van der Waals surface area contributed by atoms with E-state index >= 15 is 0 Å². The maximum Gasteiger partial charge on any atom is 0.371 e. The van der Waals surface area contributed by atoms with Crippen molar-refractivity contribution >= 4 is 46.5 Å². The van der Waals surface area contributed by atoms with Gasteiger partial charge in [0.1, 0.15) is 5.76 Å². The van der Waals surface area contributed by atoms with Crippen LogP contribution in [0.15, 0.2) is 28.7 Å². The van der Waals surface area contributed by atoms with E-state index in [2.05, 4.69) is 5.32 Å². The second-order valence-corrected chi connectivity index (χ2v) is 5.34. The molecule has 0 aliphatic rings. The van der Waals surface area contributed by atoms with Crippen LogP contribution in [-0.2, 0) is 0 Å². The summed E-state index contributed by atoms with van der Waals surface area (Å²) in [5, 5.41) is 13.0. The summed E-state index contributed by atoms with van der Waals surface area (Å²) in [5.41, 5.74) is 0.585. The van der Waals surface area contributed by atoms with Crippen molar-refractivity contribution in [1.82, 2.24) is 0 Å². The van der Waals surface area contributed by atoms with E-state index in [0.29, 0.717) is 26.5 Å². The van der Waals surface area contributed by atoms with Gasteiger partial charge in [-0.15, -0.1) is 0 Å². The van der Waals surface area contributed by atoms with Gasteiger partial charge in [-0.05, 0) is 31.2 Å². The first-order chi connectivity index (χ1) is 9.38. The molecule has 1 atom stereocenters. The average Bonchev–Trinajstić information content (AvgIpc) is 2.85. The van der Waals surface area contributed by atoms with Crippen LogP contribution in [0.3, 0.4) is 0 Å². The average molecular weight is 335 g/mol. The summed E-state index contributed by atoms with van der Waals surface area (Å²) >= 11 is 17.8. The third-order valence-electron chi connectivity index (χ3n) is 2.65. The zero-order chi connectivity index (χ0) is 14.9. The Morgan fingerprint density at radius 3 is 2.45 bits per heavy atom. The molecule has 0 radical (unpaired) electrons. The summed E-state index contributed by atoms with van der Waals surface area (Å²) in [5.74, 6) is -0.755. The predicted octanol–water partition coefficient (Wildman–Crippen LogP) is 5.11. The van der Waals surface area contributed by atoms with Crippen LogP contribution >= 0.6 is 34.8 Å². The van der Waals surface area contributed by atoms with Crippen LogP contribution in [-0.4, -0.2) is 11.1 Å². The van der Waals surface area contributed by atoms with Crippen molar-refractivity contribution in [1.29, 1.82) is 0 Å². The van der Waals surface area contributed by atoms with Gasteiger partial charge in [0.05, 0.1) is 26.8 Å². The summed E-state index contributed by atoms with van der Waals surface area (Å²) in [7, 11) is 0. The molecule has 1 aromatic carbocycles. The van der Waals surface area contributed by atoms with Crippen LogP contribution in [0.25, 0.3) is 0 Å². The SMILES string of the molecule is CC(Nc1cc(Cl)c(Cl)cc1Cl)c1ccc(C(=O)O)o1. The monoisotopic (exact) mass is 333 g/mol. The number of rotatable bonds is 4. The molecule has 0 spiro atoms. The van der Waals surface area contributed by atoms with Crippen LogP contribution in [0.2, 0.25) is 15.1 Å². The third kappa shape index (κ3) is 3.20. The molecule has 106 valence electrons. The zero-order valence-corrected chi connectivity index (χ0v) is 12.6. The quantitative estimate of drug-likeness (QED) is 0.763. The van der Waals surface area contributed by atoms with Gasteiger partial charge in [0.25, 0.3) is 0 Å². The summed E-state index contributed by atoms with van der Waals surface area (Å²) in [6, 6.07) is 5.84. The number of carbonyl (C=O) groups is 1. The Bertz CT molecular complexity index is 654. The first-order valence-corrected chi connectivity index (χ1v) is 6.76. The minimum absolute atomic E-state index is 0.117. The molecule has 20 heavy (non-hydrogen) atoms. The van der Waals surface area contributed by atoms with Gasteiger partial charge in [0.15, 0.2) is 0 Å². The van der Waals surface area contributed by atoms with E-state index in [1.54, 1.807) is 12.1 Å². The van der Waals surface area contributed by atoms with E-state index in [-0.39, 0.29) is 11.8 Å². The largest absolute Gasteiger partial charge is 0.475 e. The molecular weight excluding hydrogens is 325 g/mol. The molecule has 7 heteroatoms. The lowest BCUT2D eigenvalue weighted by atomic mass is 10.2.